The van der Waals surface area contributed by atoms with Crippen molar-refractivity contribution in [2.75, 3.05) is 7.05 Å². The normalized spacial score (nSPS) is 11.4. The van der Waals surface area contributed by atoms with Crippen LogP contribution in [0.4, 0.5) is 5.69 Å². The fraction of sp³-hybridized carbons (Fsp3) is 0.333. The molecule has 1 aromatic rings. The van der Waals surface area contributed by atoms with Crippen molar-refractivity contribution < 1.29 is 9.72 Å². The van der Waals surface area contributed by atoms with Crippen LogP contribution in [0.25, 0.3) is 0 Å². The summed E-state index contributed by atoms with van der Waals surface area (Å²) in [5.74, 6) is -0.528. The lowest BCUT2D eigenvalue weighted by Crippen LogP contribution is -2.34. The molecule has 0 N–H and O–H groups in total. The van der Waals surface area contributed by atoms with Gasteiger partial charge >= 0.3 is 0 Å². The van der Waals surface area contributed by atoms with Crippen LogP contribution < -0.4 is 0 Å². The summed E-state index contributed by atoms with van der Waals surface area (Å²) in [6.45, 7) is 3.30. The van der Waals surface area contributed by atoms with Gasteiger partial charge in [0.15, 0.2) is 0 Å². The highest BCUT2D eigenvalue weighted by Gasteiger charge is 2.25. The Morgan fingerprint density at radius 1 is 1.56 bits per heavy atom. The molecule has 1 aromatic carbocycles. The molecule has 18 heavy (non-hydrogen) atoms. The predicted molar refractivity (Wildman–Crippen MR) is 65.0 cm³/mol. The molecule has 0 saturated carbocycles. The molecule has 0 aliphatic carbocycles. The van der Waals surface area contributed by atoms with Crippen molar-refractivity contribution >= 4 is 11.6 Å². The zero-order valence-corrected chi connectivity index (χ0v) is 10.4. The van der Waals surface area contributed by atoms with Gasteiger partial charge in [-0.25, -0.2) is 0 Å². The molecule has 1 rings (SSSR count). The SMILES string of the molecule is Cc1ccc([N+](=O)[O-])c(C(=O)N(C)C(C)C#N)c1. The molecule has 0 heterocycles. The summed E-state index contributed by atoms with van der Waals surface area (Å²) in [6, 6.07) is 5.60. The summed E-state index contributed by atoms with van der Waals surface area (Å²) < 4.78 is 0. The predicted octanol–water partition coefficient (Wildman–Crippen LogP) is 1.89. The van der Waals surface area contributed by atoms with E-state index >= 15 is 0 Å². The maximum Gasteiger partial charge on any atom is 0.282 e. The monoisotopic (exact) mass is 247 g/mol. The van der Waals surface area contributed by atoms with Gasteiger partial charge in [0.25, 0.3) is 11.6 Å². The molecule has 0 saturated heterocycles. The van der Waals surface area contributed by atoms with Gasteiger partial charge in [-0.3, -0.25) is 14.9 Å². The van der Waals surface area contributed by atoms with Crippen LogP contribution in [0.3, 0.4) is 0 Å². The number of aryl methyl sites for hydroxylation is 1. The van der Waals surface area contributed by atoms with E-state index in [0.717, 1.165) is 5.56 Å². The summed E-state index contributed by atoms with van der Waals surface area (Å²) in [5.41, 5.74) is 0.508. The zero-order valence-electron chi connectivity index (χ0n) is 10.4. The van der Waals surface area contributed by atoms with Gasteiger partial charge in [-0.1, -0.05) is 6.07 Å². The Kier molecular flexibility index (Phi) is 4.00. The van der Waals surface area contributed by atoms with Crippen LogP contribution in [0.5, 0.6) is 0 Å². The van der Waals surface area contributed by atoms with Crippen molar-refractivity contribution in [2.24, 2.45) is 0 Å². The molecule has 6 heteroatoms. The highest BCUT2D eigenvalue weighted by atomic mass is 16.6. The Morgan fingerprint density at radius 2 is 2.17 bits per heavy atom. The quantitative estimate of drug-likeness (QED) is 0.602. The van der Waals surface area contributed by atoms with Crippen LogP contribution >= 0.6 is 0 Å². The van der Waals surface area contributed by atoms with Crippen LogP contribution in [-0.4, -0.2) is 28.8 Å². The minimum atomic E-state index is -0.641. The maximum atomic E-state index is 12.1. The molecule has 0 aromatic heterocycles. The largest absolute Gasteiger partial charge is 0.326 e. The lowest BCUT2D eigenvalue weighted by atomic mass is 10.1. The van der Waals surface area contributed by atoms with Gasteiger partial charge < -0.3 is 4.90 Å². The van der Waals surface area contributed by atoms with Crippen molar-refractivity contribution in [2.45, 2.75) is 19.9 Å². The van der Waals surface area contributed by atoms with Crippen LogP contribution in [0.2, 0.25) is 0 Å². The molecular formula is C12H13N3O3. The van der Waals surface area contributed by atoms with Crippen molar-refractivity contribution in [3.8, 4) is 6.07 Å². The number of hydrogen-bond acceptors (Lipinski definition) is 4. The summed E-state index contributed by atoms with van der Waals surface area (Å²) in [6.07, 6.45) is 0. The summed E-state index contributed by atoms with van der Waals surface area (Å²) in [4.78, 5) is 23.5. The lowest BCUT2D eigenvalue weighted by Gasteiger charge is -2.19. The first-order valence-electron chi connectivity index (χ1n) is 5.30. The van der Waals surface area contributed by atoms with E-state index < -0.39 is 16.9 Å². The van der Waals surface area contributed by atoms with Gasteiger partial charge in [-0.15, -0.1) is 0 Å². The number of amides is 1. The third-order valence-corrected chi connectivity index (χ3v) is 2.67. The molecule has 0 aliphatic rings. The number of nitriles is 1. The average Bonchev–Trinajstić information content (AvgIpc) is 2.35. The van der Waals surface area contributed by atoms with Crippen LogP contribution in [0.1, 0.15) is 22.8 Å². The Bertz CT molecular complexity index is 534. The summed E-state index contributed by atoms with van der Waals surface area (Å²) in [7, 11) is 1.45. The molecule has 1 atom stereocenters. The molecule has 0 fully saturated rings. The summed E-state index contributed by atoms with van der Waals surface area (Å²) >= 11 is 0. The van der Waals surface area contributed by atoms with Crippen molar-refractivity contribution in [1.82, 2.24) is 4.90 Å². The minimum Gasteiger partial charge on any atom is -0.326 e. The van der Waals surface area contributed by atoms with Gasteiger partial charge in [-0.05, 0) is 25.5 Å². The molecular weight excluding hydrogens is 234 g/mol. The van der Waals surface area contributed by atoms with E-state index in [4.69, 9.17) is 5.26 Å². The van der Waals surface area contributed by atoms with Gasteiger partial charge in [0.2, 0.25) is 0 Å². The standard InChI is InChI=1S/C12H13N3O3/c1-8-4-5-11(15(17)18)10(6-8)12(16)14(3)9(2)7-13/h4-6,9H,1-3H3. The van der Waals surface area contributed by atoms with Crippen molar-refractivity contribution in [1.29, 1.82) is 5.26 Å². The molecule has 0 bridgehead atoms. The molecule has 0 radical (unpaired) electrons. The smallest absolute Gasteiger partial charge is 0.282 e. The molecule has 1 amide bonds. The number of hydrogen-bond donors (Lipinski definition) is 0. The van der Waals surface area contributed by atoms with Gasteiger partial charge in [0.1, 0.15) is 11.6 Å². The molecule has 94 valence electrons. The van der Waals surface area contributed by atoms with E-state index in [0.29, 0.717) is 0 Å². The minimum absolute atomic E-state index is 0.00426. The number of nitro benzene ring substituents is 1. The number of benzene rings is 1. The molecule has 0 spiro atoms. The zero-order chi connectivity index (χ0) is 13.9. The Morgan fingerprint density at radius 3 is 2.67 bits per heavy atom. The van der Waals surface area contributed by atoms with Gasteiger partial charge in [-0.2, -0.15) is 5.26 Å². The fourth-order valence-electron chi connectivity index (χ4n) is 1.43. The first-order chi connectivity index (χ1) is 8.38. The number of carbonyl (C=O) groups is 1. The van der Waals surface area contributed by atoms with E-state index in [1.54, 1.807) is 19.9 Å². The van der Waals surface area contributed by atoms with Crippen molar-refractivity contribution in [3.63, 3.8) is 0 Å². The topological polar surface area (TPSA) is 87.2 Å². The van der Waals surface area contributed by atoms with E-state index in [1.165, 1.54) is 24.1 Å². The maximum absolute atomic E-state index is 12.1. The Hall–Kier alpha value is -2.42. The van der Waals surface area contributed by atoms with Crippen molar-refractivity contribution in [3.05, 3.63) is 39.4 Å². The lowest BCUT2D eigenvalue weighted by molar-refractivity contribution is -0.385. The second-order valence-corrected chi connectivity index (χ2v) is 4.00. The Balaban J connectivity index is 3.24. The van der Waals surface area contributed by atoms with Gasteiger partial charge in [0.05, 0.1) is 11.0 Å². The van der Waals surface area contributed by atoms with Crippen LogP contribution in [0, 0.1) is 28.4 Å². The number of nitro groups is 1. The second kappa shape index (κ2) is 5.27. The number of rotatable bonds is 3. The van der Waals surface area contributed by atoms with Crippen LogP contribution in [0.15, 0.2) is 18.2 Å². The molecule has 0 aliphatic heterocycles. The summed E-state index contributed by atoms with van der Waals surface area (Å²) in [5, 5.41) is 19.6. The second-order valence-electron chi connectivity index (χ2n) is 4.00. The number of carbonyl (C=O) groups excluding carboxylic acids is 1. The Labute approximate surface area is 105 Å². The van der Waals surface area contributed by atoms with E-state index in [9.17, 15) is 14.9 Å². The van der Waals surface area contributed by atoms with E-state index in [-0.39, 0.29) is 11.3 Å². The van der Waals surface area contributed by atoms with E-state index in [1.807, 2.05) is 6.07 Å². The fourth-order valence-corrected chi connectivity index (χ4v) is 1.43. The third-order valence-electron chi connectivity index (χ3n) is 2.67. The van der Waals surface area contributed by atoms with E-state index in [2.05, 4.69) is 0 Å². The highest BCUT2D eigenvalue weighted by Crippen LogP contribution is 2.21. The molecule has 6 nitrogen and oxygen atoms in total. The first kappa shape index (κ1) is 13.6. The van der Waals surface area contributed by atoms with Gasteiger partial charge in [0, 0.05) is 13.1 Å². The highest BCUT2D eigenvalue weighted by molar-refractivity contribution is 5.98. The first-order valence-corrected chi connectivity index (χ1v) is 5.30. The number of nitrogens with zero attached hydrogens (tertiary/aromatic N) is 3. The third kappa shape index (κ3) is 2.63. The average molecular weight is 247 g/mol. The van der Waals surface area contributed by atoms with Crippen LogP contribution in [-0.2, 0) is 0 Å². The molecule has 1 unspecified atom stereocenters.